The summed E-state index contributed by atoms with van der Waals surface area (Å²) in [4.78, 5) is 0. The molecule has 7 heteroatoms. The summed E-state index contributed by atoms with van der Waals surface area (Å²) < 4.78 is 37.6. The Morgan fingerprint density at radius 1 is 1.53 bits per heavy atom. The van der Waals surface area contributed by atoms with E-state index in [1.165, 1.54) is 6.92 Å². The quantitative estimate of drug-likeness (QED) is 0.789. The minimum Gasteiger partial charge on any atom is -0.394 e. The summed E-state index contributed by atoms with van der Waals surface area (Å²) in [5.74, 6) is 0. The molecule has 4 nitrogen and oxygen atoms in total. The van der Waals surface area contributed by atoms with Crippen LogP contribution in [0.25, 0.3) is 0 Å². The van der Waals surface area contributed by atoms with Crippen LogP contribution in [0.15, 0.2) is 12.4 Å². The highest BCUT2D eigenvalue weighted by atomic mass is 19.4. The molecule has 0 aliphatic heterocycles. The van der Waals surface area contributed by atoms with E-state index in [1.807, 2.05) is 0 Å². The summed E-state index contributed by atoms with van der Waals surface area (Å²) in [5.41, 5.74) is 3.77. The van der Waals surface area contributed by atoms with Crippen LogP contribution in [0.5, 0.6) is 0 Å². The fourth-order valence-electron chi connectivity index (χ4n) is 1.02. The highest BCUT2D eigenvalue weighted by Gasteiger charge is 2.32. The van der Waals surface area contributed by atoms with Crippen molar-refractivity contribution in [2.24, 2.45) is 5.73 Å². The van der Waals surface area contributed by atoms with E-state index in [-0.39, 0.29) is 13.2 Å². The van der Waals surface area contributed by atoms with Crippen LogP contribution in [-0.4, -0.2) is 27.0 Å². The van der Waals surface area contributed by atoms with Crippen molar-refractivity contribution in [3.8, 4) is 0 Å². The Bertz CT molecular complexity index is 332. The number of alkyl halides is 3. The van der Waals surface area contributed by atoms with E-state index in [4.69, 9.17) is 10.8 Å². The van der Waals surface area contributed by atoms with Gasteiger partial charge in [0.1, 0.15) is 0 Å². The number of rotatable bonds is 3. The van der Waals surface area contributed by atoms with Gasteiger partial charge in [0, 0.05) is 6.20 Å². The first-order valence-corrected chi connectivity index (χ1v) is 4.24. The lowest BCUT2D eigenvalue weighted by atomic mass is 10.1. The third-order valence-corrected chi connectivity index (χ3v) is 1.84. The van der Waals surface area contributed by atoms with Gasteiger partial charge >= 0.3 is 6.18 Å². The number of nitrogens with zero attached hydrogens (tertiary/aromatic N) is 2. The fourth-order valence-corrected chi connectivity index (χ4v) is 1.02. The Morgan fingerprint density at radius 2 is 2.13 bits per heavy atom. The first kappa shape index (κ1) is 12.0. The van der Waals surface area contributed by atoms with Gasteiger partial charge < -0.3 is 10.8 Å². The van der Waals surface area contributed by atoms with Gasteiger partial charge in [0.05, 0.1) is 30.5 Å². The number of aliphatic hydroxyl groups excluding tert-OH is 1. The van der Waals surface area contributed by atoms with Gasteiger partial charge in [-0.1, -0.05) is 0 Å². The van der Waals surface area contributed by atoms with Crippen molar-refractivity contribution >= 4 is 0 Å². The fraction of sp³-hybridized carbons (Fsp3) is 0.625. The summed E-state index contributed by atoms with van der Waals surface area (Å²) in [6, 6.07) is 0. The van der Waals surface area contributed by atoms with Crippen LogP contribution in [0.2, 0.25) is 0 Å². The molecule has 3 N–H and O–H groups in total. The van der Waals surface area contributed by atoms with Gasteiger partial charge in [0.25, 0.3) is 0 Å². The molecule has 0 saturated carbocycles. The van der Waals surface area contributed by atoms with Gasteiger partial charge in [0.15, 0.2) is 0 Å². The second kappa shape index (κ2) is 3.82. The third-order valence-electron chi connectivity index (χ3n) is 1.84. The standard InChI is InChI=1S/C8H12F3N3O/c1-7(12,5-15)4-14-3-6(2-13-14)8(9,10)11/h2-3,15H,4-5,12H2,1H3. The Morgan fingerprint density at radius 3 is 2.53 bits per heavy atom. The molecule has 0 aromatic carbocycles. The zero-order valence-corrected chi connectivity index (χ0v) is 8.12. The maximum absolute atomic E-state index is 12.2. The predicted molar refractivity (Wildman–Crippen MR) is 46.9 cm³/mol. The summed E-state index contributed by atoms with van der Waals surface area (Å²) in [5, 5.41) is 12.4. The van der Waals surface area contributed by atoms with Crippen LogP contribution in [-0.2, 0) is 12.7 Å². The van der Waals surface area contributed by atoms with Crippen molar-refractivity contribution in [2.75, 3.05) is 6.61 Å². The summed E-state index contributed by atoms with van der Waals surface area (Å²) in [6.07, 6.45) is -2.81. The number of halogens is 3. The molecule has 0 spiro atoms. The van der Waals surface area contributed by atoms with Gasteiger partial charge in [-0.2, -0.15) is 18.3 Å². The van der Waals surface area contributed by atoms with Gasteiger partial charge in [0.2, 0.25) is 0 Å². The normalized spacial score (nSPS) is 16.4. The largest absolute Gasteiger partial charge is 0.419 e. The molecule has 1 heterocycles. The van der Waals surface area contributed by atoms with E-state index in [2.05, 4.69) is 5.10 Å². The first-order valence-electron chi connectivity index (χ1n) is 4.24. The number of nitrogens with two attached hydrogens (primary N) is 1. The van der Waals surface area contributed by atoms with Crippen molar-refractivity contribution in [3.05, 3.63) is 18.0 Å². The van der Waals surface area contributed by atoms with Gasteiger partial charge in [-0.25, -0.2) is 0 Å². The molecule has 0 saturated heterocycles. The maximum atomic E-state index is 12.2. The second-order valence-electron chi connectivity index (χ2n) is 3.74. The van der Waals surface area contributed by atoms with E-state index in [0.717, 1.165) is 17.1 Å². The summed E-state index contributed by atoms with van der Waals surface area (Å²) in [7, 11) is 0. The first-order chi connectivity index (χ1) is 6.74. The average Bonchev–Trinajstić information content (AvgIpc) is 2.51. The van der Waals surface area contributed by atoms with Crippen LogP contribution >= 0.6 is 0 Å². The van der Waals surface area contributed by atoms with Crippen LogP contribution in [0.1, 0.15) is 12.5 Å². The van der Waals surface area contributed by atoms with Gasteiger partial charge in [-0.05, 0) is 6.92 Å². The molecule has 0 aliphatic carbocycles. The molecule has 0 fully saturated rings. The highest BCUT2D eigenvalue weighted by Crippen LogP contribution is 2.28. The summed E-state index contributed by atoms with van der Waals surface area (Å²) in [6.45, 7) is 1.23. The second-order valence-corrected chi connectivity index (χ2v) is 3.74. The molecule has 1 aromatic heterocycles. The lowest BCUT2D eigenvalue weighted by molar-refractivity contribution is -0.137. The molecule has 0 bridgehead atoms. The van der Waals surface area contributed by atoms with E-state index >= 15 is 0 Å². The zero-order chi connectivity index (χ0) is 11.7. The monoisotopic (exact) mass is 223 g/mol. The van der Waals surface area contributed by atoms with Crippen LogP contribution in [0.4, 0.5) is 13.2 Å². The van der Waals surface area contributed by atoms with E-state index in [1.54, 1.807) is 0 Å². The number of aromatic nitrogens is 2. The topological polar surface area (TPSA) is 64.1 Å². The third kappa shape index (κ3) is 3.21. The molecule has 0 radical (unpaired) electrons. The Hall–Kier alpha value is -1.08. The number of hydrogen-bond acceptors (Lipinski definition) is 3. The minimum atomic E-state index is -4.40. The minimum absolute atomic E-state index is 0.0274. The highest BCUT2D eigenvalue weighted by molar-refractivity contribution is 5.08. The Kier molecular flexibility index (Phi) is 3.05. The molecule has 1 atom stereocenters. The molecule has 0 amide bonds. The maximum Gasteiger partial charge on any atom is 0.419 e. The number of aliphatic hydroxyl groups is 1. The van der Waals surface area contributed by atoms with Crippen molar-refractivity contribution in [2.45, 2.75) is 25.2 Å². The van der Waals surface area contributed by atoms with E-state index < -0.39 is 17.3 Å². The summed E-state index contributed by atoms with van der Waals surface area (Å²) >= 11 is 0. The van der Waals surface area contributed by atoms with Crippen LogP contribution in [0, 0.1) is 0 Å². The molecule has 1 aromatic rings. The van der Waals surface area contributed by atoms with Crippen molar-refractivity contribution in [1.29, 1.82) is 0 Å². The Labute approximate surface area is 84.5 Å². The molecule has 0 aliphatic rings. The van der Waals surface area contributed by atoms with Crippen LogP contribution < -0.4 is 5.73 Å². The van der Waals surface area contributed by atoms with Crippen molar-refractivity contribution in [1.82, 2.24) is 9.78 Å². The van der Waals surface area contributed by atoms with Crippen molar-refractivity contribution in [3.63, 3.8) is 0 Å². The zero-order valence-electron chi connectivity index (χ0n) is 8.12. The van der Waals surface area contributed by atoms with E-state index in [9.17, 15) is 13.2 Å². The molecule has 15 heavy (non-hydrogen) atoms. The smallest absolute Gasteiger partial charge is 0.394 e. The van der Waals surface area contributed by atoms with Crippen molar-refractivity contribution < 1.29 is 18.3 Å². The van der Waals surface area contributed by atoms with Gasteiger partial charge in [-0.3, -0.25) is 4.68 Å². The average molecular weight is 223 g/mol. The van der Waals surface area contributed by atoms with Crippen LogP contribution in [0.3, 0.4) is 0 Å². The predicted octanol–water partition coefficient (Wildman–Crippen LogP) is 0.612. The molecule has 1 unspecified atom stereocenters. The lowest BCUT2D eigenvalue weighted by Crippen LogP contribution is -2.44. The van der Waals surface area contributed by atoms with Gasteiger partial charge in [-0.15, -0.1) is 0 Å². The molecule has 86 valence electrons. The van der Waals surface area contributed by atoms with E-state index in [0.29, 0.717) is 0 Å². The molecule has 1 rings (SSSR count). The number of hydrogen-bond donors (Lipinski definition) is 2. The Balaban J connectivity index is 2.78. The molecular formula is C8H12F3N3O. The SMILES string of the molecule is CC(N)(CO)Cn1cc(C(F)(F)F)cn1. The lowest BCUT2D eigenvalue weighted by Gasteiger charge is -2.21. The molecular weight excluding hydrogens is 211 g/mol.